The van der Waals surface area contributed by atoms with Crippen LogP contribution in [-0.2, 0) is 0 Å². The highest BCUT2D eigenvalue weighted by Gasteiger charge is 2.22. The van der Waals surface area contributed by atoms with Gasteiger partial charge in [0.1, 0.15) is 5.75 Å². The number of ether oxygens (including phenoxy) is 1. The zero-order chi connectivity index (χ0) is 23.3. The van der Waals surface area contributed by atoms with Crippen molar-refractivity contribution in [3.8, 4) is 11.5 Å². The van der Waals surface area contributed by atoms with E-state index in [0.29, 0.717) is 11.4 Å². The average Bonchev–Trinajstić information content (AvgIpc) is 2.79. The molecule has 0 aromatic heterocycles. The molecule has 3 rings (SSSR count). The summed E-state index contributed by atoms with van der Waals surface area (Å²) in [6.45, 7) is 0. The molecule has 2 atom stereocenters. The van der Waals surface area contributed by atoms with Crippen molar-refractivity contribution < 1.29 is 29.8 Å². The number of carboxylic acids is 1. The molecule has 0 aliphatic carbocycles. The van der Waals surface area contributed by atoms with Gasteiger partial charge in [-0.3, -0.25) is 10.1 Å². The molecule has 166 valence electrons. The molecule has 0 radical (unpaired) electrons. The van der Waals surface area contributed by atoms with Crippen molar-refractivity contribution in [2.75, 3.05) is 12.4 Å². The number of aliphatic hydroxyl groups is 1. The van der Waals surface area contributed by atoms with E-state index in [1.165, 1.54) is 31.4 Å². The number of benzene rings is 3. The van der Waals surface area contributed by atoms with Crippen LogP contribution in [0.1, 0.15) is 40.1 Å². The molecular weight excluding hydrogens is 416 g/mol. The van der Waals surface area contributed by atoms with Crippen molar-refractivity contribution in [3.63, 3.8) is 0 Å². The molecule has 4 N–H and O–H groups in total. The van der Waals surface area contributed by atoms with Crippen molar-refractivity contribution in [1.29, 1.82) is 0 Å². The van der Waals surface area contributed by atoms with Crippen molar-refractivity contribution in [2.45, 2.75) is 18.6 Å². The van der Waals surface area contributed by atoms with Crippen LogP contribution in [0.3, 0.4) is 0 Å². The summed E-state index contributed by atoms with van der Waals surface area (Å²) in [5.74, 6) is -0.900. The molecule has 0 spiro atoms. The molecule has 32 heavy (non-hydrogen) atoms. The molecule has 0 amide bonds. The number of nitrogens with zero attached hydrogens (tertiary/aromatic N) is 1. The van der Waals surface area contributed by atoms with Crippen LogP contribution in [0.15, 0.2) is 66.7 Å². The lowest BCUT2D eigenvalue weighted by atomic mass is 9.95. The van der Waals surface area contributed by atoms with Crippen LogP contribution in [0, 0.1) is 10.1 Å². The zero-order valence-corrected chi connectivity index (χ0v) is 17.1. The third-order valence-electron chi connectivity index (χ3n) is 5.01. The first-order chi connectivity index (χ1) is 15.3. The van der Waals surface area contributed by atoms with Gasteiger partial charge < -0.3 is 25.4 Å². The molecule has 9 nitrogen and oxygen atoms in total. The first-order valence-electron chi connectivity index (χ1n) is 9.67. The number of nitro benzene ring substituents is 1. The molecule has 0 bridgehead atoms. The summed E-state index contributed by atoms with van der Waals surface area (Å²) >= 11 is 0. The Kier molecular flexibility index (Phi) is 6.91. The van der Waals surface area contributed by atoms with Gasteiger partial charge in [-0.25, -0.2) is 4.79 Å². The normalized spacial score (nSPS) is 12.6. The van der Waals surface area contributed by atoms with E-state index in [0.717, 1.165) is 11.6 Å². The predicted molar refractivity (Wildman–Crippen MR) is 117 cm³/mol. The number of methoxy groups -OCH3 is 1. The van der Waals surface area contributed by atoms with Crippen LogP contribution in [0.5, 0.6) is 11.5 Å². The number of hydrogen-bond acceptors (Lipinski definition) is 7. The highest BCUT2D eigenvalue weighted by Crippen LogP contribution is 2.34. The monoisotopic (exact) mass is 438 g/mol. The first-order valence-corrected chi connectivity index (χ1v) is 9.67. The molecule has 0 heterocycles. The number of aliphatic hydroxyl groups excluding tert-OH is 1. The lowest BCUT2D eigenvalue weighted by molar-refractivity contribution is -0.386. The SMILES string of the molecule is COc1cccc(C(CC(O)c2ccc(O)c([N+](=O)[O-])c2)Nc2ccc(C(=O)O)cc2)c1. The number of phenols is 1. The Labute approximate surface area is 183 Å². The predicted octanol–water partition coefficient (Wildman–Crippen LogP) is 4.28. The summed E-state index contributed by atoms with van der Waals surface area (Å²) in [4.78, 5) is 21.5. The molecule has 9 heteroatoms. The summed E-state index contributed by atoms with van der Waals surface area (Å²) in [5, 5.41) is 44.0. The van der Waals surface area contributed by atoms with Crippen molar-refractivity contribution in [2.24, 2.45) is 0 Å². The maximum Gasteiger partial charge on any atom is 0.335 e. The second-order valence-corrected chi connectivity index (χ2v) is 7.11. The second-order valence-electron chi connectivity index (χ2n) is 7.11. The lowest BCUT2D eigenvalue weighted by Gasteiger charge is -2.24. The van der Waals surface area contributed by atoms with Gasteiger partial charge in [0.2, 0.25) is 0 Å². The fourth-order valence-electron chi connectivity index (χ4n) is 3.30. The minimum Gasteiger partial charge on any atom is -0.502 e. The highest BCUT2D eigenvalue weighted by atomic mass is 16.6. The third-order valence-corrected chi connectivity index (χ3v) is 5.01. The Hall–Kier alpha value is -4.11. The molecule has 0 saturated carbocycles. The standard InChI is InChI=1S/C23H22N2O7/c1-32-18-4-2-3-15(11-18)19(24-17-8-5-14(6-9-17)23(28)29)13-22(27)16-7-10-21(26)20(12-16)25(30)31/h2-12,19,22,24,26-27H,13H2,1H3,(H,28,29). The fraction of sp³-hybridized carbons (Fsp3) is 0.174. The summed E-state index contributed by atoms with van der Waals surface area (Å²) in [6.07, 6.45) is -0.952. The van der Waals surface area contributed by atoms with Gasteiger partial charge in [0.15, 0.2) is 5.75 Å². The van der Waals surface area contributed by atoms with Gasteiger partial charge in [-0.1, -0.05) is 18.2 Å². The van der Waals surface area contributed by atoms with Crippen molar-refractivity contribution in [1.82, 2.24) is 0 Å². The Morgan fingerprint density at radius 1 is 1.09 bits per heavy atom. The third kappa shape index (κ3) is 5.32. The van der Waals surface area contributed by atoms with E-state index in [9.17, 15) is 25.1 Å². The van der Waals surface area contributed by atoms with Crippen LogP contribution in [0.2, 0.25) is 0 Å². The van der Waals surface area contributed by atoms with Crippen LogP contribution in [-0.4, -0.2) is 33.3 Å². The largest absolute Gasteiger partial charge is 0.502 e. The molecule has 2 unspecified atom stereocenters. The topological polar surface area (TPSA) is 142 Å². The van der Waals surface area contributed by atoms with Crippen LogP contribution >= 0.6 is 0 Å². The summed E-state index contributed by atoms with van der Waals surface area (Å²) in [5.41, 5.74) is 1.36. The smallest absolute Gasteiger partial charge is 0.335 e. The van der Waals surface area contributed by atoms with E-state index in [1.807, 2.05) is 6.07 Å². The molecule has 3 aromatic rings. The quantitative estimate of drug-likeness (QED) is 0.286. The van der Waals surface area contributed by atoms with Crippen LogP contribution in [0.4, 0.5) is 11.4 Å². The van der Waals surface area contributed by atoms with E-state index in [4.69, 9.17) is 9.84 Å². The van der Waals surface area contributed by atoms with Gasteiger partial charge >= 0.3 is 11.7 Å². The van der Waals surface area contributed by atoms with E-state index in [-0.39, 0.29) is 17.5 Å². The average molecular weight is 438 g/mol. The molecule has 0 aliphatic heterocycles. The maximum absolute atomic E-state index is 11.1. The van der Waals surface area contributed by atoms with Gasteiger partial charge in [-0.2, -0.15) is 0 Å². The van der Waals surface area contributed by atoms with Gasteiger partial charge in [0, 0.05) is 18.2 Å². The molecule has 0 fully saturated rings. The highest BCUT2D eigenvalue weighted by molar-refractivity contribution is 5.88. The Morgan fingerprint density at radius 2 is 1.81 bits per heavy atom. The fourth-order valence-corrected chi connectivity index (χ4v) is 3.30. The number of carbonyl (C=O) groups is 1. The Morgan fingerprint density at radius 3 is 2.44 bits per heavy atom. The number of aromatic carboxylic acids is 1. The van der Waals surface area contributed by atoms with Gasteiger partial charge in [-0.05, 0) is 53.6 Å². The number of phenolic OH excluding ortho intramolecular Hbond substituents is 1. The number of rotatable bonds is 9. The minimum absolute atomic E-state index is 0.135. The lowest BCUT2D eigenvalue weighted by Crippen LogP contribution is -2.15. The number of nitro groups is 1. The summed E-state index contributed by atoms with van der Waals surface area (Å²) in [7, 11) is 1.54. The van der Waals surface area contributed by atoms with Crippen molar-refractivity contribution >= 4 is 17.3 Å². The van der Waals surface area contributed by atoms with Crippen molar-refractivity contribution in [3.05, 3.63) is 93.5 Å². The molecule has 3 aromatic carbocycles. The number of anilines is 1. The number of aromatic hydroxyl groups is 1. The van der Waals surface area contributed by atoms with E-state index in [2.05, 4.69) is 5.32 Å². The minimum atomic E-state index is -1.09. The number of carboxylic acid groups (broad SMARTS) is 1. The Bertz CT molecular complexity index is 1120. The van der Waals surface area contributed by atoms with Crippen LogP contribution in [0.25, 0.3) is 0 Å². The summed E-state index contributed by atoms with van der Waals surface area (Å²) in [6, 6.07) is 16.7. The maximum atomic E-state index is 11.1. The Balaban J connectivity index is 1.90. The molecular formula is C23H22N2O7. The second kappa shape index (κ2) is 9.80. The zero-order valence-electron chi connectivity index (χ0n) is 17.1. The summed E-state index contributed by atoms with van der Waals surface area (Å²) < 4.78 is 5.28. The van der Waals surface area contributed by atoms with Gasteiger partial charge in [0.25, 0.3) is 0 Å². The molecule has 0 aliphatic rings. The van der Waals surface area contributed by atoms with E-state index >= 15 is 0 Å². The molecule has 0 saturated heterocycles. The number of hydrogen-bond donors (Lipinski definition) is 4. The first kappa shape index (κ1) is 22.6. The van der Waals surface area contributed by atoms with Crippen LogP contribution < -0.4 is 10.1 Å². The van der Waals surface area contributed by atoms with Gasteiger partial charge in [0.05, 0.1) is 29.7 Å². The van der Waals surface area contributed by atoms with E-state index in [1.54, 1.807) is 30.3 Å². The number of nitrogens with one attached hydrogen (secondary N) is 1. The van der Waals surface area contributed by atoms with Gasteiger partial charge in [-0.15, -0.1) is 0 Å². The van der Waals surface area contributed by atoms with E-state index < -0.39 is 34.5 Å².